The third kappa shape index (κ3) is 3.08. The third-order valence-corrected chi connectivity index (χ3v) is 6.38. The average molecular weight is 348 g/mol. The van der Waals surface area contributed by atoms with E-state index in [0.29, 0.717) is 6.04 Å². The molecule has 3 aliphatic rings. The van der Waals surface area contributed by atoms with E-state index < -0.39 is 0 Å². The first-order valence-electron chi connectivity index (χ1n) is 8.81. The van der Waals surface area contributed by atoms with Gasteiger partial charge in [-0.1, -0.05) is 6.07 Å². The van der Waals surface area contributed by atoms with E-state index >= 15 is 0 Å². The summed E-state index contributed by atoms with van der Waals surface area (Å²) >= 11 is 1.51. The number of nitrogens with zero attached hydrogens (tertiary/aromatic N) is 3. The van der Waals surface area contributed by atoms with Crippen molar-refractivity contribution in [2.45, 2.75) is 24.9 Å². The fourth-order valence-corrected chi connectivity index (χ4v) is 4.81. The van der Waals surface area contributed by atoms with Gasteiger partial charge in [-0.25, -0.2) is 0 Å². The highest BCUT2D eigenvalue weighted by Crippen LogP contribution is 2.23. The summed E-state index contributed by atoms with van der Waals surface area (Å²) in [7, 11) is 0. The van der Waals surface area contributed by atoms with E-state index in [9.17, 15) is 9.59 Å². The minimum absolute atomic E-state index is 0.0123. The van der Waals surface area contributed by atoms with E-state index in [1.807, 2.05) is 22.4 Å². The number of piperazine rings is 2. The quantitative estimate of drug-likeness (QED) is 0.844. The van der Waals surface area contributed by atoms with Crippen molar-refractivity contribution in [1.29, 1.82) is 0 Å². The maximum Gasteiger partial charge on any atom is 0.263 e. The van der Waals surface area contributed by atoms with Crippen LogP contribution in [0, 0.1) is 0 Å². The molecule has 130 valence electrons. The molecule has 3 fully saturated rings. The molecule has 0 saturated carbocycles. The van der Waals surface area contributed by atoms with Gasteiger partial charge in [0.1, 0.15) is 6.04 Å². The molecular weight excluding hydrogens is 324 g/mol. The van der Waals surface area contributed by atoms with Crippen LogP contribution >= 0.6 is 11.3 Å². The summed E-state index contributed by atoms with van der Waals surface area (Å²) in [6.45, 7) is 6.22. The fourth-order valence-electron chi connectivity index (χ4n) is 4.12. The molecule has 2 amide bonds. The Hall–Kier alpha value is -1.44. The SMILES string of the molecule is O=C1NCCN2CCN(C3CCN(C(=O)c4cccs4)CC3)C[C@H]12. The van der Waals surface area contributed by atoms with Gasteiger partial charge in [-0.3, -0.25) is 19.4 Å². The second-order valence-electron chi connectivity index (χ2n) is 6.84. The van der Waals surface area contributed by atoms with Crippen LogP contribution in [0.3, 0.4) is 0 Å². The van der Waals surface area contributed by atoms with Gasteiger partial charge < -0.3 is 10.2 Å². The van der Waals surface area contributed by atoms with Crippen molar-refractivity contribution in [2.24, 2.45) is 0 Å². The van der Waals surface area contributed by atoms with Gasteiger partial charge in [0.2, 0.25) is 5.91 Å². The van der Waals surface area contributed by atoms with Crippen molar-refractivity contribution in [2.75, 3.05) is 45.8 Å². The molecule has 0 bridgehead atoms. The van der Waals surface area contributed by atoms with Crippen LogP contribution in [-0.4, -0.2) is 84.4 Å². The van der Waals surface area contributed by atoms with Crippen LogP contribution in [0.15, 0.2) is 17.5 Å². The van der Waals surface area contributed by atoms with Crippen LogP contribution < -0.4 is 5.32 Å². The number of hydrogen-bond donors (Lipinski definition) is 1. The molecule has 0 radical (unpaired) electrons. The minimum Gasteiger partial charge on any atom is -0.353 e. The molecule has 6 nitrogen and oxygen atoms in total. The molecule has 1 aromatic heterocycles. The Morgan fingerprint density at radius 2 is 1.92 bits per heavy atom. The van der Waals surface area contributed by atoms with Gasteiger partial charge >= 0.3 is 0 Å². The van der Waals surface area contributed by atoms with Gasteiger partial charge in [0.25, 0.3) is 5.91 Å². The van der Waals surface area contributed by atoms with Gasteiger partial charge in [0, 0.05) is 51.9 Å². The predicted molar refractivity (Wildman–Crippen MR) is 93.2 cm³/mol. The number of rotatable bonds is 2. The van der Waals surface area contributed by atoms with Gasteiger partial charge in [-0.2, -0.15) is 0 Å². The molecule has 24 heavy (non-hydrogen) atoms. The zero-order valence-corrected chi connectivity index (χ0v) is 14.6. The molecule has 4 heterocycles. The lowest BCUT2D eigenvalue weighted by Crippen LogP contribution is -2.65. The summed E-state index contributed by atoms with van der Waals surface area (Å²) in [5, 5.41) is 4.94. The van der Waals surface area contributed by atoms with E-state index in [1.54, 1.807) is 0 Å². The van der Waals surface area contributed by atoms with E-state index in [1.165, 1.54) is 11.3 Å². The number of carbonyl (C=O) groups is 2. The Bertz CT molecular complexity index is 598. The molecule has 1 N–H and O–H groups in total. The number of hydrogen-bond acceptors (Lipinski definition) is 5. The lowest BCUT2D eigenvalue weighted by molar-refractivity contribution is -0.132. The molecule has 0 spiro atoms. The Labute approximate surface area is 146 Å². The van der Waals surface area contributed by atoms with Crippen molar-refractivity contribution in [3.05, 3.63) is 22.4 Å². The summed E-state index contributed by atoms with van der Waals surface area (Å²) in [6.07, 6.45) is 2.01. The van der Waals surface area contributed by atoms with E-state index in [0.717, 1.165) is 63.5 Å². The van der Waals surface area contributed by atoms with Crippen LogP contribution in [0.2, 0.25) is 0 Å². The van der Waals surface area contributed by atoms with Crippen molar-refractivity contribution >= 4 is 23.2 Å². The van der Waals surface area contributed by atoms with Crippen LogP contribution in [0.5, 0.6) is 0 Å². The largest absolute Gasteiger partial charge is 0.353 e. The molecule has 1 aromatic rings. The number of amides is 2. The number of thiophene rings is 1. The molecule has 4 rings (SSSR count). The lowest BCUT2D eigenvalue weighted by atomic mass is 9.99. The topological polar surface area (TPSA) is 55.9 Å². The van der Waals surface area contributed by atoms with Gasteiger partial charge in [0.15, 0.2) is 0 Å². The Kier molecular flexibility index (Phi) is 4.56. The number of piperidine rings is 1. The minimum atomic E-state index is 0.0123. The lowest BCUT2D eigenvalue weighted by Gasteiger charge is -2.47. The Morgan fingerprint density at radius 3 is 2.67 bits per heavy atom. The second-order valence-corrected chi connectivity index (χ2v) is 7.79. The maximum atomic E-state index is 12.4. The highest BCUT2D eigenvalue weighted by molar-refractivity contribution is 7.12. The van der Waals surface area contributed by atoms with E-state index in [-0.39, 0.29) is 17.9 Å². The summed E-state index contributed by atoms with van der Waals surface area (Å²) in [4.78, 5) is 32.1. The maximum absolute atomic E-state index is 12.4. The average Bonchev–Trinajstić information content (AvgIpc) is 3.16. The fraction of sp³-hybridized carbons (Fsp3) is 0.647. The summed E-state index contributed by atoms with van der Waals surface area (Å²) < 4.78 is 0. The molecule has 0 unspecified atom stereocenters. The number of carbonyl (C=O) groups excluding carboxylic acids is 2. The van der Waals surface area contributed by atoms with Crippen molar-refractivity contribution < 1.29 is 9.59 Å². The molecular formula is C17H24N4O2S. The standard InChI is InChI=1S/C17H24N4O2S/c22-16-14-12-21(10-9-19(14)8-5-18-16)13-3-6-20(7-4-13)17(23)15-2-1-11-24-15/h1-2,11,13-14H,3-10,12H2,(H,18,22)/t14-/m1/s1. The van der Waals surface area contributed by atoms with Gasteiger partial charge in [0.05, 0.1) is 4.88 Å². The first-order valence-corrected chi connectivity index (χ1v) is 9.69. The Balaban J connectivity index is 1.33. The predicted octanol–water partition coefficient (Wildman–Crippen LogP) is 0.469. The molecule has 0 aromatic carbocycles. The van der Waals surface area contributed by atoms with Crippen molar-refractivity contribution in [1.82, 2.24) is 20.0 Å². The molecule has 0 aliphatic carbocycles. The van der Waals surface area contributed by atoms with Crippen LogP contribution in [0.25, 0.3) is 0 Å². The number of nitrogens with one attached hydrogen (secondary N) is 1. The summed E-state index contributed by atoms with van der Waals surface area (Å²) in [5.74, 6) is 0.344. The van der Waals surface area contributed by atoms with Crippen LogP contribution in [0.4, 0.5) is 0 Å². The Morgan fingerprint density at radius 1 is 1.12 bits per heavy atom. The van der Waals surface area contributed by atoms with Crippen LogP contribution in [-0.2, 0) is 4.79 Å². The van der Waals surface area contributed by atoms with E-state index in [4.69, 9.17) is 0 Å². The third-order valence-electron chi connectivity index (χ3n) is 5.52. The zero-order chi connectivity index (χ0) is 16.5. The zero-order valence-electron chi connectivity index (χ0n) is 13.8. The normalized spacial score (nSPS) is 26.9. The second kappa shape index (κ2) is 6.82. The smallest absolute Gasteiger partial charge is 0.263 e. The first kappa shape index (κ1) is 16.1. The molecule has 1 atom stereocenters. The highest BCUT2D eigenvalue weighted by atomic mass is 32.1. The van der Waals surface area contributed by atoms with E-state index in [2.05, 4.69) is 15.1 Å². The monoisotopic (exact) mass is 348 g/mol. The first-order chi connectivity index (χ1) is 11.7. The summed E-state index contributed by atoms with van der Waals surface area (Å²) in [6, 6.07) is 4.34. The molecule has 7 heteroatoms. The number of likely N-dealkylation sites (tertiary alicyclic amines) is 1. The molecule has 3 saturated heterocycles. The summed E-state index contributed by atoms with van der Waals surface area (Å²) in [5.41, 5.74) is 0. The number of fused-ring (bicyclic) bond motifs is 1. The molecule has 3 aliphatic heterocycles. The van der Waals surface area contributed by atoms with Crippen molar-refractivity contribution in [3.8, 4) is 0 Å². The van der Waals surface area contributed by atoms with Crippen molar-refractivity contribution in [3.63, 3.8) is 0 Å². The highest BCUT2D eigenvalue weighted by Gasteiger charge is 2.38. The van der Waals surface area contributed by atoms with Gasteiger partial charge in [-0.05, 0) is 24.3 Å². The van der Waals surface area contributed by atoms with Crippen LogP contribution in [0.1, 0.15) is 22.5 Å². The van der Waals surface area contributed by atoms with Gasteiger partial charge in [-0.15, -0.1) is 11.3 Å².